The van der Waals surface area contributed by atoms with Gasteiger partial charge in [-0.25, -0.2) is 4.39 Å². The number of nitrogens with one attached hydrogen (secondary N) is 1. The number of hydrogen-bond acceptors (Lipinski definition) is 4. The summed E-state index contributed by atoms with van der Waals surface area (Å²) in [5.74, 6) is -2.11. The summed E-state index contributed by atoms with van der Waals surface area (Å²) in [6, 6.07) is 15.8. The van der Waals surface area contributed by atoms with Crippen LogP contribution in [0.5, 0.6) is 0 Å². The first-order chi connectivity index (χ1) is 15.2. The molecule has 0 saturated heterocycles. The van der Waals surface area contributed by atoms with E-state index in [1.54, 1.807) is 12.1 Å². The Morgan fingerprint density at radius 2 is 1.81 bits per heavy atom. The molecular formula is C27H28FNO3. The smallest absolute Gasteiger partial charge is 0.315 e. The monoisotopic (exact) mass is 433 g/mol. The van der Waals surface area contributed by atoms with E-state index in [0.29, 0.717) is 36.1 Å². The van der Waals surface area contributed by atoms with E-state index in [1.165, 1.54) is 12.1 Å². The molecule has 0 saturated carbocycles. The lowest BCUT2D eigenvalue weighted by Gasteiger charge is -2.42. The number of esters is 1. The van der Waals surface area contributed by atoms with Gasteiger partial charge in [-0.15, -0.1) is 0 Å². The van der Waals surface area contributed by atoms with Crippen LogP contribution < -0.4 is 5.32 Å². The molecule has 5 heteroatoms. The maximum absolute atomic E-state index is 13.6. The van der Waals surface area contributed by atoms with E-state index in [2.05, 4.69) is 25.7 Å². The molecule has 1 aliphatic carbocycles. The summed E-state index contributed by atoms with van der Waals surface area (Å²) in [7, 11) is 0. The summed E-state index contributed by atoms with van der Waals surface area (Å²) in [4.78, 5) is 26.4. The predicted octanol–water partition coefficient (Wildman–Crippen LogP) is 5.07. The summed E-state index contributed by atoms with van der Waals surface area (Å²) in [6.07, 6.45) is 1.68. The highest BCUT2D eigenvalue weighted by atomic mass is 19.1. The Balaban J connectivity index is 1.65. The molecule has 4 nitrogen and oxygen atoms in total. The van der Waals surface area contributed by atoms with Crippen molar-refractivity contribution in [3.63, 3.8) is 0 Å². The predicted molar refractivity (Wildman–Crippen MR) is 121 cm³/mol. The first-order valence-corrected chi connectivity index (χ1v) is 10.9. The molecule has 166 valence electrons. The Bertz CT molecular complexity index is 1070. The molecule has 2 aliphatic rings. The number of rotatable bonds is 5. The second kappa shape index (κ2) is 8.73. The highest BCUT2D eigenvalue weighted by Crippen LogP contribution is 2.48. The van der Waals surface area contributed by atoms with Crippen LogP contribution in [0.15, 0.2) is 78.1 Å². The number of benzene rings is 2. The summed E-state index contributed by atoms with van der Waals surface area (Å²) < 4.78 is 19.3. The van der Waals surface area contributed by atoms with Crippen molar-refractivity contribution in [2.75, 3.05) is 6.61 Å². The number of carbonyl (C=O) groups is 2. The lowest BCUT2D eigenvalue weighted by molar-refractivity contribution is -0.147. The van der Waals surface area contributed by atoms with Gasteiger partial charge in [-0.05, 0) is 35.1 Å². The van der Waals surface area contributed by atoms with Crippen molar-refractivity contribution >= 4 is 11.8 Å². The normalized spacial score (nSPS) is 22.2. The van der Waals surface area contributed by atoms with Crippen LogP contribution in [0.4, 0.5) is 4.39 Å². The van der Waals surface area contributed by atoms with Crippen molar-refractivity contribution in [2.45, 2.75) is 39.0 Å². The van der Waals surface area contributed by atoms with Crippen molar-refractivity contribution in [3.8, 4) is 0 Å². The van der Waals surface area contributed by atoms with Crippen molar-refractivity contribution in [1.82, 2.24) is 5.32 Å². The number of Topliss-reactive ketones (excluding diaryl/α,β-unsaturated/α-hetero) is 1. The molecule has 2 aromatic carbocycles. The molecule has 2 unspecified atom stereocenters. The van der Waals surface area contributed by atoms with Crippen LogP contribution in [-0.2, 0) is 20.7 Å². The Morgan fingerprint density at radius 3 is 2.50 bits per heavy atom. The zero-order valence-corrected chi connectivity index (χ0v) is 18.5. The van der Waals surface area contributed by atoms with Gasteiger partial charge in [0, 0.05) is 35.7 Å². The van der Waals surface area contributed by atoms with E-state index in [-0.39, 0.29) is 23.6 Å². The summed E-state index contributed by atoms with van der Waals surface area (Å²) in [6.45, 7) is 8.44. The van der Waals surface area contributed by atoms with Crippen molar-refractivity contribution in [2.24, 2.45) is 11.3 Å². The molecule has 1 heterocycles. The molecule has 1 aliphatic heterocycles. The molecule has 4 rings (SSSR count). The fourth-order valence-corrected chi connectivity index (χ4v) is 4.76. The van der Waals surface area contributed by atoms with Gasteiger partial charge in [-0.2, -0.15) is 0 Å². The number of carbonyl (C=O) groups excluding carboxylic acids is 2. The standard InChI is InChI=1S/C27H28FNO3/c1-17-23(26(31)32-14-13-18-7-5-4-6-8-18)24(19-9-11-20(28)12-10-19)25-21(29-17)15-27(2,3)16-22(25)30/h4-12,23-24,29H,1,13-16H2,2-3H3. The number of hydrogen-bond donors (Lipinski definition) is 1. The van der Waals surface area contributed by atoms with E-state index in [1.807, 2.05) is 30.3 Å². The number of halogens is 1. The maximum Gasteiger partial charge on any atom is 0.315 e. The molecule has 2 atom stereocenters. The molecule has 0 bridgehead atoms. The fraction of sp³-hybridized carbons (Fsp3) is 0.333. The minimum absolute atomic E-state index is 0.00709. The van der Waals surface area contributed by atoms with Crippen LogP contribution in [-0.4, -0.2) is 18.4 Å². The number of ketones is 1. The van der Waals surface area contributed by atoms with E-state index in [0.717, 1.165) is 11.3 Å². The van der Waals surface area contributed by atoms with Crippen molar-refractivity contribution in [1.29, 1.82) is 0 Å². The molecular weight excluding hydrogens is 405 g/mol. The van der Waals surface area contributed by atoms with Gasteiger partial charge in [0.15, 0.2) is 5.78 Å². The highest BCUT2D eigenvalue weighted by Gasteiger charge is 2.46. The maximum atomic E-state index is 13.6. The Hall–Kier alpha value is -3.21. The highest BCUT2D eigenvalue weighted by molar-refractivity contribution is 6.00. The SMILES string of the molecule is C=C1NC2=C(C(=O)CC(C)(C)C2)C(c2ccc(F)cc2)C1C(=O)OCCc1ccccc1. The second-order valence-electron chi connectivity index (χ2n) is 9.39. The quantitative estimate of drug-likeness (QED) is 0.669. The Morgan fingerprint density at radius 1 is 1.12 bits per heavy atom. The largest absolute Gasteiger partial charge is 0.465 e. The van der Waals surface area contributed by atoms with E-state index in [9.17, 15) is 14.0 Å². The molecule has 0 amide bonds. The third-order valence-corrected chi connectivity index (χ3v) is 6.21. The molecule has 2 aromatic rings. The summed E-state index contributed by atoms with van der Waals surface area (Å²) in [5.41, 5.74) is 3.50. The molecule has 0 aromatic heterocycles. The topological polar surface area (TPSA) is 55.4 Å². The van der Waals surface area contributed by atoms with Gasteiger partial charge in [0.2, 0.25) is 0 Å². The van der Waals surface area contributed by atoms with Crippen LogP contribution in [0.25, 0.3) is 0 Å². The zero-order valence-electron chi connectivity index (χ0n) is 18.5. The van der Waals surface area contributed by atoms with Gasteiger partial charge in [0.05, 0.1) is 6.61 Å². The van der Waals surface area contributed by atoms with Crippen LogP contribution in [0, 0.1) is 17.2 Å². The van der Waals surface area contributed by atoms with Gasteiger partial charge in [-0.1, -0.05) is 62.9 Å². The number of allylic oxidation sites excluding steroid dienone is 2. The van der Waals surface area contributed by atoms with Gasteiger partial charge >= 0.3 is 5.97 Å². The van der Waals surface area contributed by atoms with E-state index in [4.69, 9.17) is 4.74 Å². The van der Waals surface area contributed by atoms with E-state index < -0.39 is 17.8 Å². The Kier molecular flexibility index (Phi) is 6.00. The van der Waals surface area contributed by atoms with Crippen molar-refractivity contribution in [3.05, 3.63) is 95.1 Å². The molecule has 32 heavy (non-hydrogen) atoms. The summed E-state index contributed by atoms with van der Waals surface area (Å²) >= 11 is 0. The molecule has 1 N–H and O–H groups in total. The molecule has 0 radical (unpaired) electrons. The van der Waals surface area contributed by atoms with Gasteiger partial charge in [-0.3, -0.25) is 9.59 Å². The average molecular weight is 434 g/mol. The van der Waals surface area contributed by atoms with Crippen molar-refractivity contribution < 1.29 is 18.7 Å². The lowest BCUT2D eigenvalue weighted by Crippen LogP contribution is -2.43. The minimum atomic E-state index is -0.764. The fourth-order valence-electron chi connectivity index (χ4n) is 4.76. The number of ether oxygens (including phenoxy) is 1. The molecule has 0 spiro atoms. The third-order valence-electron chi connectivity index (χ3n) is 6.21. The second-order valence-corrected chi connectivity index (χ2v) is 9.39. The van der Waals surface area contributed by atoms with Crippen LogP contribution in [0.3, 0.4) is 0 Å². The zero-order chi connectivity index (χ0) is 22.9. The molecule has 0 fully saturated rings. The average Bonchev–Trinajstić information content (AvgIpc) is 2.73. The first-order valence-electron chi connectivity index (χ1n) is 10.9. The van der Waals surface area contributed by atoms with Gasteiger partial charge in [0.25, 0.3) is 0 Å². The minimum Gasteiger partial charge on any atom is -0.465 e. The van der Waals surface area contributed by atoms with Crippen LogP contribution in [0.1, 0.15) is 43.7 Å². The first kappa shape index (κ1) is 22.0. The third kappa shape index (κ3) is 4.52. The van der Waals surface area contributed by atoms with Gasteiger partial charge in [0.1, 0.15) is 11.7 Å². The van der Waals surface area contributed by atoms with Gasteiger partial charge < -0.3 is 10.1 Å². The van der Waals surface area contributed by atoms with Crippen LogP contribution in [0.2, 0.25) is 0 Å². The summed E-state index contributed by atoms with van der Waals surface area (Å²) in [5, 5.41) is 3.24. The van der Waals surface area contributed by atoms with Crippen LogP contribution >= 0.6 is 0 Å². The van der Waals surface area contributed by atoms with E-state index >= 15 is 0 Å². The Labute approximate surface area is 188 Å². The lowest BCUT2D eigenvalue weighted by atomic mass is 9.66.